The lowest BCUT2D eigenvalue weighted by Crippen LogP contribution is -2.63. The van der Waals surface area contributed by atoms with Gasteiger partial charge in [-0.1, -0.05) is 24.3 Å². The first kappa shape index (κ1) is 17.0. The second-order valence-electron chi connectivity index (χ2n) is 6.44. The standard InChI is InChI=1S/C17H23N3O3S/c1-24(23)12-14-6-4-13(5-7-14)9-18-17(22)19-10-15(11-19)20-8-2-3-16(20)21/h4-7,15H,2-3,8-12H2,1H3,(H,18,22). The van der Waals surface area contributed by atoms with E-state index >= 15 is 0 Å². The van der Waals surface area contributed by atoms with Crippen molar-refractivity contribution in [2.24, 2.45) is 0 Å². The topological polar surface area (TPSA) is 69.7 Å². The molecule has 3 amide bonds. The fourth-order valence-corrected chi connectivity index (χ4v) is 3.81. The summed E-state index contributed by atoms with van der Waals surface area (Å²) in [5.74, 6) is 0.768. The van der Waals surface area contributed by atoms with Crippen LogP contribution in [-0.2, 0) is 27.9 Å². The molecule has 1 aromatic carbocycles. The van der Waals surface area contributed by atoms with Gasteiger partial charge in [-0.25, -0.2) is 4.79 Å². The summed E-state index contributed by atoms with van der Waals surface area (Å²) in [7, 11) is -0.846. The van der Waals surface area contributed by atoms with E-state index in [1.165, 1.54) is 0 Å². The second kappa shape index (κ2) is 7.34. The van der Waals surface area contributed by atoms with Gasteiger partial charge in [0.25, 0.3) is 0 Å². The van der Waals surface area contributed by atoms with Gasteiger partial charge in [-0.3, -0.25) is 9.00 Å². The van der Waals surface area contributed by atoms with Gasteiger partial charge in [0.1, 0.15) is 0 Å². The number of hydrogen-bond donors (Lipinski definition) is 1. The maximum absolute atomic E-state index is 12.1. The summed E-state index contributed by atoms with van der Waals surface area (Å²) < 4.78 is 11.2. The molecular formula is C17H23N3O3S. The largest absolute Gasteiger partial charge is 0.336 e. The lowest BCUT2D eigenvalue weighted by atomic mass is 10.1. The van der Waals surface area contributed by atoms with Gasteiger partial charge in [0.15, 0.2) is 0 Å². The Morgan fingerprint density at radius 1 is 1.25 bits per heavy atom. The summed E-state index contributed by atoms with van der Waals surface area (Å²) >= 11 is 0. The third-order valence-electron chi connectivity index (χ3n) is 4.54. The summed E-state index contributed by atoms with van der Waals surface area (Å²) in [5.41, 5.74) is 2.05. The SMILES string of the molecule is CS(=O)Cc1ccc(CNC(=O)N2CC(N3CCCC3=O)C2)cc1. The smallest absolute Gasteiger partial charge is 0.317 e. The highest BCUT2D eigenvalue weighted by molar-refractivity contribution is 7.83. The Kier molecular flexibility index (Phi) is 5.18. The molecule has 0 aliphatic carbocycles. The lowest BCUT2D eigenvalue weighted by Gasteiger charge is -2.43. The first-order valence-corrected chi connectivity index (χ1v) is 9.96. The van der Waals surface area contributed by atoms with Crippen molar-refractivity contribution in [2.75, 3.05) is 25.9 Å². The van der Waals surface area contributed by atoms with Crippen molar-refractivity contribution in [1.29, 1.82) is 0 Å². The Balaban J connectivity index is 1.42. The minimum atomic E-state index is -0.846. The van der Waals surface area contributed by atoms with Crippen LogP contribution in [0.4, 0.5) is 4.79 Å². The molecule has 1 aromatic rings. The normalized spacial score (nSPS) is 19.3. The maximum Gasteiger partial charge on any atom is 0.317 e. The maximum atomic E-state index is 12.1. The quantitative estimate of drug-likeness (QED) is 0.865. The number of benzene rings is 1. The molecule has 2 fully saturated rings. The molecule has 2 saturated heterocycles. The molecule has 2 aliphatic rings. The van der Waals surface area contributed by atoms with E-state index in [-0.39, 0.29) is 18.0 Å². The van der Waals surface area contributed by atoms with Gasteiger partial charge in [0.2, 0.25) is 5.91 Å². The number of carbonyl (C=O) groups is 2. The first-order valence-electron chi connectivity index (χ1n) is 8.23. The van der Waals surface area contributed by atoms with Crippen LogP contribution in [0.3, 0.4) is 0 Å². The Morgan fingerprint density at radius 3 is 2.50 bits per heavy atom. The number of nitrogens with one attached hydrogen (secondary N) is 1. The summed E-state index contributed by atoms with van der Waals surface area (Å²) in [6.45, 7) is 2.55. The third-order valence-corrected chi connectivity index (χ3v) is 5.28. The van der Waals surface area contributed by atoms with Crippen molar-refractivity contribution >= 4 is 22.7 Å². The fourth-order valence-electron chi connectivity index (χ4n) is 3.15. The molecule has 24 heavy (non-hydrogen) atoms. The molecule has 0 spiro atoms. The summed E-state index contributed by atoms with van der Waals surface area (Å²) in [4.78, 5) is 27.4. The van der Waals surface area contributed by atoms with E-state index in [9.17, 15) is 13.8 Å². The van der Waals surface area contributed by atoms with Gasteiger partial charge in [0.05, 0.1) is 6.04 Å². The van der Waals surface area contributed by atoms with Crippen molar-refractivity contribution in [1.82, 2.24) is 15.1 Å². The number of hydrogen-bond acceptors (Lipinski definition) is 3. The van der Waals surface area contributed by atoms with Gasteiger partial charge in [-0.05, 0) is 17.5 Å². The molecule has 0 bridgehead atoms. The van der Waals surface area contributed by atoms with Crippen LogP contribution >= 0.6 is 0 Å². The molecule has 1 atom stereocenters. The van der Waals surface area contributed by atoms with Crippen LogP contribution in [0.1, 0.15) is 24.0 Å². The molecule has 3 rings (SSSR count). The molecule has 0 aromatic heterocycles. The van der Waals surface area contributed by atoms with Gasteiger partial charge < -0.3 is 15.1 Å². The van der Waals surface area contributed by atoms with Crippen molar-refractivity contribution in [2.45, 2.75) is 31.2 Å². The summed E-state index contributed by atoms with van der Waals surface area (Å²) in [6, 6.07) is 7.90. The minimum absolute atomic E-state index is 0.0864. The highest BCUT2D eigenvalue weighted by Gasteiger charge is 2.38. The van der Waals surface area contributed by atoms with Gasteiger partial charge >= 0.3 is 6.03 Å². The molecule has 7 heteroatoms. The zero-order chi connectivity index (χ0) is 17.1. The predicted octanol–water partition coefficient (Wildman–Crippen LogP) is 1.08. The van der Waals surface area contributed by atoms with Crippen molar-refractivity contribution in [3.05, 3.63) is 35.4 Å². The molecule has 1 N–H and O–H groups in total. The average molecular weight is 349 g/mol. The third kappa shape index (κ3) is 3.95. The Morgan fingerprint density at radius 2 is 1.92 bits per heavy atom. The summed E-state index contributed by atoms with van der Waals surface area (Å²) in [6.07, 6.45) is 3.26. The zero-order valence-corrected chi connectivity index (χ0v) is 14.7. The van der Waals surface area contributed by atoms with Crippen molar-refractivity contribution in [3.63, 3.8) is 0 Å². The van der Waals surface area contributed by atoms with Gasteiger partial charge in [-0.2, -0.15) is 0 Å². The number of nitrogens with zero attached hydrogens (tertiary/aromatic N) is 2. The molecule has 2 heterocycles. The molecular weight excluding hydrogens is 326 g/mol. The molecule has 1 unspecified atom stereocenters. The lowest BCUT2D eigenvalue weighted by molar-refractivity contribution is -0.132. The van der Waals surface area contributed by atoms with Gasteiger partial charge in [0, 0.05) is 55.4 Å². The van der Waals surface area contributed by atoms with Crippen LogP contribution in [0.15, 0.2) is 24.3 Å². The van der Waals surface area contributed by atoms with Crippen molar-refractivity contribution in [3.8, 4) is 0 Å². The first-order chi connectivity index (χ1) is 11.5. The Labute approximate surface area is 144 Å². The highest BCUT2D eigenvalue weighted by atomic mass is 32.2. The van der Waals surface area contributed by atoms with E-state index in [0.717, 1.165) is 24.1 Å². The van der Waals surface area contributed by atoms with E-state index in [1.807, 2.05) is 29.2 Å². The number of amides is 3. The van der Waals surface area contributed by atoms with E-state index in [1.54, 1.807) is 11.2 Å². The number of likely N-dealkylation sites (tertiary alicyclic amines) is 2. The molecule has 6 nitrogen and oxygen atoms in total. The van der Waals surface area contributed by atoms with E-state index in [4.69, 9.17) is 0 Å². The Bertz CT molecular complexity index is 641. The highest BCUT2D eigenvalue weighted by Crippen LogP contribution is 2.21. The molecule has 130 valence electrons. The van der Waals surface area contributed by atoms with E-state index in [2.05, 4.69) is 5.32 Å². The van der Waals surface area contributed by atoms with E-state index in [0.29, 0.717) is 31.8 Å². The molecule has 0 radical (unpaired) electrons. The van der Waals surface area contributed by atoms with Crippen LogP contribution in [-0.4, -0.2) is 57.9 Å². The molecule has 0 saturated carbocycles. The number of urea groups is 1. The molecule has 2 aliphatic heterocycles. The van der Waals surface area contributed by atoms with Gasteiger partial charge in [-0.15, -0.1) is 0 Å². The zero-order valence-electron chi connectivity index (χ0n) is 13.9. The number of rotatable bonds is 5. The minimum Gasteiger partial charge on any atom is -0.336 e. The second-order valence-corrected chi connectivity index (χ2v) is 7.88. The van der Waals surface area contributed by atoms with Crippen molar-refractivity contribution < 1.29 is 13.8 Å². The average Bonchev–Trinajstić information content (AvgIpc) is 2.91. The van der Waals surface area contributed by atoms with E-state index < -0.39 is 10.8 Å². The van der Waals surface area contributed by atoms with Crippen LogP contribution < -0.4 is 5.32 Å². The summed E-state index contributed by atoms with van der Waals surface area (Å²) in [5, 5.41) is 2.91. The monoisotopic (exact) mass is 349 g/mol. The predicted molar refractivity (Wildman–Crippen MR) is 92.8 cm³/mol. The number of carbonyl (C=O) groups excluding carboxylic acids is 2. The van der Waals surface area contributed by atoms with Crippen LogP contribution in [0, 0.1) is 0 Å². The Hall–Kier alpha value is -1.89. The van der Waals surface area contributed by atoms with Crippen LogP contribution in [0.25, 0.3) is 0 Å². The van der Waals surface area contributed by atoms with Crippen LogP contribution in [0.5, 0.6) is 0 Å². The van der Waals surface area contributed by atoms with Crippen LogP contribution in [0.2, 0.25) is 0 Å². The fraction of sp³-hybridized carbons (Fsp3) is 0.529.